The van der Waals surface area contributed by atoms with Crippen LogP contribution < -0.4 is 10.5 Å². The van der Waals surface area contributed by atoms with Gasteiger partial charge in [0.15, 0.2) is 4.96 Å². The molecule has 1 fully saturated rings. The van der Waals surface area contributed by atoms with E-state index >= 15 is 0 Å². The first-order chi connectivity index (χ1) is 14.6. The van der Waals surface area contributed by atoms with E-state index in [0.29, 0.717) is 13.0 Å². The van der Waals surface area contributed by atoms with E-state index in [1.54, 1.807) is 40.1 Å². The van der Waals surface area contributed by atoms with Crippen molar-refractivity contribution in [1.29, 1.82) is 0 Å². The summed E-state index contributed by atoms with van der Waals surface area (Å²) in [5.74, 6) is -0.231. The molecule has 1 saturated heterocycles. The van der Waals surface area contributed by atoms with Crippen LogP contribution >= 0.6 is 22.7 Å². The van der Waals surface area contributed by atoms with Crippen LogP contribution in [-0.4, -0.2) is 50.7 Å². The summed E-state index contributed by atoms with van der Waals surface area (Å²) < 4.78 is 14.6. The molecule has 0 spiro atoms. The minimum atomic E-state index is -0.231. The van der Waals surface area contributed by atoms with Crippen molar-refractivity contribution in [3.05, 3.63) is 74.3 Å². The molecule has 1 aliphatic heterocycles. The first kappa shape index (κ1) is 19.3. The van der Waals surface area contributed by atoms with Gasteiger partial charge in [-0.1, -0.05) is 23.5 Å². The van der Waals surface area contributed by atoms with Crippen LogP contribution in [0.5, 0.6) is 0 Å². The van der Waals surface area contributed by atoms with E-state index in [4.69, 9.17) is 0 Å². The van der Waals surface area contributed by atoms with Gasteiger partial charge in [0.05, 0.1) is 5.69 Å². The maximum absolute atomic E-state index is 13.1. The van der Waals surface area contributed by atoms with Crippen LogP contribution in [0.3, 0.4) is 0 Å². The van der Waals surface area contributed by atoms with E-state index in [1.807, 2.05) is 5.38 Å². The fourth-order valence-corrected chi connectivity index (χ4v) is 5.18. The molecule has 0 bridgehead atoms. The quantitative estimate of drug-likeness (QED) is 0.474. The van der Waals surface area contributed by atoms with Crippen LogP contribution in [0.25, 0.3) is 4.96 Å². The number of thiazole rings is 1. The third-order valence-electron chi connectivity index (χ3n) is 5.11. The largest absolute Gasteiger partial charge is 0.344 e. The highest BCUT2D eigenvalue weighted by Crippen LogP contribution is 2.24. The van der Waals surface area contributed by atoms with Gasteiger partial charge in [0.1, 0.15) is 10.8 Å². The maximum Gasteiger partial charge on any atom is 0.258 e. The van der Waals surface area contributed by atoms with Crippen molar-refractivity contribution in [1.82, 2.24) is 24.5 Å². The van der Waals surface area contributed by atoms with Gasteiger partial charge in [0, 0.05) is 56.8 Å². The minimum Gasteiger partial charge on any atom is -0.344 e. The van der Waals surface area contributed by atoms with Crippen LogP contribution in [0.2, 0.25) is 0 Å². The number of piperazine rings is 1. The average Bonchev–Trinajstić information content (AvgIpc) is 3.40. The third kappa shape index (κ3) is 4.11. The Morgan fingerprint density at radius 1 is 1.07 bits per heavy atom. The minimum absolute atomic E-state index is 0.0302. The van der Waals surface area contributed by atoms with E-state index in [-0.39, 0.29) is 11.4 Å². The van der Waals surface area contributed by atoms with Crippen molar-refractivity contribution in [2.24, 2.45) is 0 Å². The fourth-order valence-electron chi connectivity index (χ4n) is 3.52. The Balaban J connectivity index is 1.19. The lowest BCUT2D eigenvalue weighted by atomic mass is 10.2. The second-order valence-corrected chi connectivity index (χ2v) is 9.10. The van der Waals surface area contributed by atoms with Gasteiger partial charge in [-0.25, -0.2) is 9.37 Å². The molecule has 1 aliphatic rings. The highest BCUT2D eigenvalue weighted by atomic mass is 32.1. The molecule has 3 aromatic heterocycles. The maximum atomic E-state index is 13.1. The lowest BCUT2D eigenvalue weighted by molar-refractivity contribution is 0.247. The predicted molar refractivity (Wildman–Crippen MR) is 116 cm³/mol. The van der Waals surface area contributed by atoms with Gasteiger partial charge in [-0.05, 0) is 17.7 Å². The number of hydrogen-bond donors (Lipinski definition) is 0. The number of fused-ring (bicyclic) bond motifs is 1. The molecule has 0 N–H and O–H groups in total. The Bertz CT molecular complexity index is 1210. The van der Waals surface area contributed by atoms with Gasteiger partial charge in [-0.2, -0.15) is 0 Å². The molecule has 30 heavy (non-hydrogen) atoms. The molecule has 0 saturated carbocycles. The molecule has 1 aromatic carbocycles. The van der Waals surface area contributed by atoms with Gasteiger partial charge in [-0.15, -0.1) is 21.5 Å². The molecule has 5 rings (SSSR count). The zero-order chi connectivity index (χ0) is 20.5. The van der Waals surface area contributed by atoms with Crippen molar-refractivity contribution in [2.75, 3.05) is 31.1 Å². The Morgan fingerprint density at radius 2 is 1.87 bits per heavy atom. The lowest BCUT2D eigenvalue weighted by Crippen LogP contribution is -2.46. The molecule has 0 aliphatic carbocycles. The van der Waals surface area contributed by atoms with Crippen LogP contribution in [0.1, 0.15) is 16.3 Å². The standard InChI is InChI=1S/C20H19FN6OS2/c21-15-3-1-14(2-4-15)11-17-23-24-20(30-17)26-7-5-25(6-8-26)13-16-12-18(28)27-9-10-29-19(27)22-16/h1-4,9-10,12H,5-8,11,13H2. The number of nitrogens with zero attached hydrogens (tertiary/aromatic N) is 6. The molecule has 0 radical (unpaired) electrons. The molecule has 4 heterocycles. The van der Waals surface area contributed by atoms with Gasteiger partial charge in [-0.3, -0.25) is 14.1 Å². The monoisotopic (exact) mass is 442 g/mol. The van der Waals surface area contributed by atoms with E-state index in [1.165, 1.54) is 23.5 Å². The molecule has 7 nitrogen and oxygen atoms in total. The molecular weight excluding hydrogens is 423 g/mol. The zero-order valence-electron chi connectivity index (χ0n) is 16.1. The molecular formula is C20H19FN6OS2. The SMILES string of the molecule is O=c1cc(CN2CCN(c3nnc(Cc4ccc(F)cc4)s3)CC2)nc2sccn12. The van der Waals surface area contributed by atoms with Crippen LogP contribution in [0.4, 0.5) is 9.52 Å². The summed E-state index contributed by atoms with van der Waals surface area (Å²) in [4.78, 5) is 22.0. The first-order valence-corrected chi connectivity index (χ1v) is 11.3. The Hall–Kier alpha value is -2.69. The Kier molecular flexibility index (Phi) is 5.28. The number of halogens is 1. The number of rotatable bonds is 5. The summed E-state index contributed by atoms with van der Waals surface area (Å²) in [7, 11) is 0. The second kappa shape index (κ2) is 8.21. The lowest BCUT2D eigenvalue weighted by Gasteiger charge is -2.34. The number of hydrogen-bond acceptors (Lipinski definition) is 8. The molecule has 0 unspecified atom stereocenters. The number of aromatic nitrogens is 4. The summed E-state index contributed by atoms with van der Waals surface area (Å²) in [6.07, 6.45) is 2.41. The Morgan fingerprint density at radius 3 is 2.67 bits per heavy atom. The molecule has 10 heteroatoms. The second-order valence-electron chi connectivity index (χ2n) is 7.19. The van der Waals surface area contributed by atoms with Crippen molar-refractivity contribution >= 4 is 32.8 Å². The van der Waals surface area contributed by atoms with Crippen molar-refractivity contribution in [2.45, 2.75) is 13.0 Å². The van der Waals surface area contributed by atoms with Crippen LogP contribution in [0, 0.1) is 5.82 Å². The van der Waals surface area contributed by atoms with Gasteiger partial charge in [0.25, 0.3) is 5.56 Å². The molecule has 154 valence electrons. The average molecular weight is 443 g/mol. The summed E-state index contributed by atoms with van der Waals surface area (Å²) >= 11 is 3.06. The highest BCUT2D eigenvalue weighted by Gasteiger charge is 2.21. The van der Waals surface area contributed by atoms with Gasteiger partial charge >= 0.3 is 0 Å². The molecule has 0 atom stereocenters. The summed E-state index contributed by atoms with van der Waals surface area (Å²) in [5, 5.41) is 12.4. The van der Waals surface area contributed by atoms with Gasteiger partial charge < -0.3 is 4.90 Å². The van der Waals surface area contributed by atoms with Crippen molar-refractivity contribution in [3.63, 3.8) is 0 Å². The van der Waals surface area contributed by atoms with Crippen molar-refractivity contribution in [3.8, 4) is 0 Å². The normalized spacial score (nSPS) is 15.2. The summed E-state index contributed by atoms with van der Waals surface area (Å²) in [6.45, 7) is 4.12. The highest BCUT2D eigenvalue weighted by molar-refractivity contribution is 7.15. The zero-order valence-corrected chi connectivity index (χ0v) is 17.7. The van der Waals surface area contributed by atoms with E-state index in [2.05, 4.69) is 25.0 Å². The van der Waals surface area contributed by atoms with Crippen molar-refractivity contribution < 1.29 is 4.39 Å². The predicted octanol–water partition coefficient (Wildman–Crippen LogP) is 2.66. The van der Waals surface area contributed by atoms with E-state index in [0.717, 1.165) is 52.5 Å². The van der Waals surface area contributed by atoms with Gasteiger partial charge in [0.2, 0.25) is 5.13 Å². The Labute approximate surface area is 180 Å². The van der Waals surface area contributed by atoms with E-state index < -0.39 is 0 Å². The smallest absolute Gasteiger partial charge is 0.258 e. The number of anilines is 1. The fraction of sp³-hybridized carbons (Fsp3) is 0.300. The van der Waals surface area contributed by atoms with Crippen LogP contribution in [0.15, 0.2) is 46.7 Å². The topological polar surface area (TPSA) is 66.6 Å². The molecule has 0 amide bonds. The van der Waals surface area contributed by atoms with E-state index in [9.17, 15) is 9.18 Å². The molecule has 4 aromatic rings. The number of benzene rings is 1. The summed E-state index contributed by atoms with van der Waals surface area (Å²) in [5.41, 5.74) is 1.81. The van der Waals surface area contributed by atoms with Crippen LogP contribution in [-0.2, 0) is 13.0 Å². The third-order valence-corrected chi connectivity index (χ3v) is 6.85. The summed E-state index contributed by atoms with van der Waals surface area (Å²) in [6, 6.07) is 8.12. The first-order valence-electron chi connectivity index (χ1n) is 9.64.